The number of imidazole rings is 1. The van der Waals surface area contributed by atoms with E-state index < -0.39 is 0 Å². The van der Waals surface area contributed by atoms with E-state index in [9.17, 15) is 0 Å². The van der Waals surface area contributed by atoms with Crippen LogP contribution in [0.2, 0.25) is 0 Å². The summed E-state index contributed by atoms with van der Waals surface area (Å²) in [6, 6.07) is 0. The van der Waals surface area contributed by atoms with Crippen molar-refractivity contribution in [1.29, 1.82) is 0 Å². The quantitative estimate of drug-likeness (QED) is 0.593. The Hall–Kier alpha value is -1.09. The van der Waals surface area contributed by atoms with E-state index >= 15 is 0 Å². The molecule has 3 heteroatoms. The van der Waals surface area contributed by atoms with Gasteiger partial charge in [-0.15, -0.1) is 13.2 Å². The molecule has 10 heavy (non-hydrogen) atoms. The van der Waals surface area contributed by atoms with Crippen molar-refractivity contribution in [3.8, 4) is 0 Å². The van der Waals surface area contributed by atoms with Gasteiger partial charge in [0.05, 0.1) is 6.33 Å². The van der Waals surface area contributed by atoms with Crippen LogP contribution in [0.4, 0.5) is 0 Å². The normalized spacial score (nSPS) is 8.10. The summed E-state index contributed by atoms with van der Waals surface area (Å²) in [6.07, 6.45) is 4.33. The van der Waals surface area contributed by atoms with E-state index in [1.807, 2.05) is 0 Å². The predicted octanol–water partition coefficient (Wildman–Crippen LogP) is 0.713. The monoisotopic (exact) mass is 139 g/mol. The second-order valence-electron chi connectivity index (χ2n) is 1.62. The van der Waals surface area contributed by atoms with Crippen molar-refractivity contribution in [1.82, 2.24) is 9.97 Å². The first-order chi connectivity index (χ1) is 4.93. The van der Waals surface area contributed by atoms with Crippen molar-refractivity contribution < 1.29 is 0 Å². The van der Waals surface area contributed by atoms with Gasteiger partial charge < -0.3 is 10.7 Å². The summed E-state index contributed by atoms with van der Waals surface area (Å²) in [5.41, 5.74) is 6.38. The van der Waals surface area contributed by atoms with Gasteiger partial charge in [-0.1, -0.05) is 0 Å². The molecule has 0 aliphatic carbocycles. The standard InChI is InChI=1S/C5H9N3.C2H4/c6-2-1-5-3-7-4-8-5;1-2/h3-4H,1-2,6H2,(H,7,8);1-2H2. The molecule has 0 fully saturated rings. The zero-order chi connectivity index (χ0) is 7.82. The van der Waals surface area contributed by atoms with Gasteiger partial charge in [0.25, 0.3) is 0 Å². The van der Waals surface area contributed by atoms with Crippen LogP contribution in [0.5, 0.6) is 0 Å². The molecule has 0 amide bonds. The molecule has 0 saturated heterocycles. The van der Waals surface area contributed by atoms with Crippen LogP contribution in [0.25, 0.3) is 0 Å². The summed E-state index contributed by atoms with van der Waals surface area (Å²) < 4.78 is 0. The molecule has 0 bridgehead atoms. The minimum atomic E-state index is 0.683. The Labute approximate surface area is 61.0 Å². The number of nitrogens with two attached hydrogens (primary N) is 1. The highest BCUT2D eigenvalue weighted by Crippen LogP contribution is 1.88. The van der Waals surface area contributed by atoms with Crippen LogP contribution in [-0.2, 0) is 6.42 Å². The summed E-state index contributed by atoms with van der Waals surface area (Å²) in [6.45, 7) is 6.68. The molecule has 3 nitrogen and oxygen atoms in total. The molecule has 0 aliphatic heterocycles. The fraction of sp³-hybridized carbons (Fsp3) is 0.286. The number of nitrogens with zero attached hydrogens (tertiary/aromatic N) is 1. The van der Waals surface area contributed by atoms with Crippen molar-refractivity contribution in [2.45, 2.75) is 6.42 Å². The third-order valence-corrected chi connectivity index (χ3v) is 0.969. The number of hydrogen-bond donors (Lipinski definition) is 2. The molecule has 1 heterocycles. The van der Waals surface area contributed by atoms with Crippen molar-refractivity contribution in [2.24, 2.45) is 5.73 Å². The van der Waals surface area contributed by atoms with E-state index in [1.165, 1.54) is 0 Å². The van der Waals surface area contributed by atoms with Crippen LogP contribution in [0, 0.1) is 0 Å². The van der Waals surface area contributed by atoms with Gasteiger partial charge >= 0.3 is 0 Å². The van der Waals surface area contributed by atoms with Crippen molar-refractivity contribution in [3.63, 3.8) is 0 Å². The van der Waals surface area contributed by atoms with Crippen LogP contribution in [0.15, 0.2) is 25.7 Å². The second-order valence-corrected chi connectivity index (χ2v) is 1.62. The second kappa shape index (κ2) is 6.04. The minimum absolute atomic E-state index is 0.683. The summed E-state index contributed by atoms with van der Waals surface area (Å²) in [7, 11) is 0. The van der Waals surface area contributed by atoms with E-state index in [2.05, 4.69) is 23.1 Å². The molecular formula is C7H13N3. The topological polar surface area (TPSA) is 54.7 Å². The first-order valence-corrected chi connectivity index (χ1v) is 3.11. The van der Waals surface area contributed by atoms with E-state index in [0.29, 0.717) is 6.54 Å². The van der Waals surface area contributed by atoms with E-state index in [1.54, 1.807) is 12.5 Å². The van der Waals surface area contributed by atoms with E-state index in [-0.39, 0.29) is 0 Å². The van der Waals surface area contributed by atoms with Gasteiger partial charge in [-0.3, -0.25) is 0 Å². The molecule has 56 valence electrons. The lowest BCUT2D eigenvalue weighted by molar-refractivity contribution is 0.935. The van der Waals surface area contributed by atoms with Gasteiger partial charge in [0, 0.05) is 18.3 Å². The lowest BCUT2D eigenvalue weighted by Crippen LogP contribution is -2.02. The average Bonchev–Trinajstić information content (AvgIpc) is 2.46. The molecule has 0 unspecified atom stereocenters. The Balaban J connectivity index is 0.000000371. The average molecular weight is 139 g/mol. The highest BCUT2D eigenvalue weighted by Gasteiger charge is 1.86. The zero-order valence-corrected chi connectivity index (χ0v) is 6.01. The van der Waals surface area contributed by atoms with Gasteiger partial charge in [-0.05, 0) is 6.54 Å². The first-order valence-electron chi connectivity index (χ1n) is 3.11. The maximum atomic E-state index is 5.27. The van der Waals surface area contributed by atoms with Crippen molar-refractivity contribution >= 4 is 0 Å². The van der Waals surface area contributed by atoms with Gasteiger partial charge in [-0.2, -0.15) is 0 Å². The molecule has 1 rings (SSSR count). The smallest absolute Gasteiger partial charge is 0.0921 e. The van der Waals surface area contributed by atoms with E-state index in [0.717, 1.165) is 12.1 Å². The Morgan fingerprint density at radius 1 is 1.60 bits per heavy atom. The van der Waals surface area contributed by atoms with Gasteiger partial charge in [-0.25, -0.2) is 4.98 Å². The summed E-state index contributed by atoms with van der Waals surface area (Å²) in [5, 5.41) is 0. The molecule has 0 aliphatic rings. The molecule has 0 spiro atoms. The highest BCUT2D eigenvalue weighted by molar-refractivity contribution is 4.93. The maximum Gasteiger partial charge on any atom is 0.0921 e. The largest absolute Gasteiger partial charge is 0.348 e. The van der Waals surface area contributed by atoms with Gasteiger partial charge in [0.1, 0.15) is 0 Å². The summed E-state index contributed by atoms with van der Waals surface area (Å²) in [4.78, 5) is 6.78. The molecule has 0 atom stereocenters. The first kappa shape index (κ1) is 8.91. The van der Waals surface area contributed by atoms with E-state index in [4.69, 9.17) is 5.73 Å². The Bertz CT molecular complexity index is 146. The number of aromatic amines is 1. The zero-order valence-electron chi connectivity index (χ0n) is 6.01. The number of H-pyrrole nitrogens is 1. The number of aromatic nitrogens is 2. The SMILES string of the molecule is C=C.NCCc1cnc[nH]1. The van der Waals surface area contributed by atoms with Crippen LogP contribution < -0.4 is 5.73 Å². The van der Waals surface area contributed by atoms with Gasteiger partial charge in [0.15, 0.2) is 0 Å². The molecule has 1 aromatic heterocycles. The maximum absolute atomic E-state index is 5.27. The van der Waals surface area contributed by atoms with Crippen LogP contribution in [-0.4, -0.2) is 16.5 Å². The highest BCUT2D eigenvalue weighted by atomic mass is 14.9. The van der Waals surface area contributed by atoms with Crippen LogP contribution >= 0.6 is 0 Å². The van der Waals surface area contributed by atoms with Crippen LogP contribution in [0.1, 0.15) is 5.69 Å². The molecule has 0 radical (unpaired) electrons. The Kier molecular flexibility index (Phi) is 5.38. The van der Waals surface area contributed by atoms with Crippen molar-refractivity contribution in [3.05, 3.63) is 31.4 Å². The molecule has 0 aromatic carbocycles. The summed E-state index contributed by atoms with van der Waals surface area (Å²) in [5.74, 6) is 0. The molecular weight excluding hydrogens is 126 g/mol. The predicted molar refractivity (Wildman–Crippen MR) is 42.6 cm³/mol. The fourth-order valence-corrected chi connectivity index (χ4v) is 0.577. The number of rotatable bonds is 2. The lowest BCUT2D eigenvalue weighted by Gasteiger charge is -1.86. The summed E-state index contributed by atoms with van der Waals surface area (Å²) >= 11 is 0. The molecule has 0 saturated carbocycles. The lowest BCUT2D eigenvalue weighted by atomic mass is 10.3. The Morgan fingerprint density at radius 3 is 2.70 bits per heavy atom. The fourth-order valence-electron chi connectivity index (χ4n) is 0.577. The Morgan fingerprint density at radius 2 is 2.30 bits per heavy atom. The van der Waals surface area contributed by atoms with Crippen LogP contribution in [0.3, 0.4) is 0 Å². The minimum Gasteiger partial charge on any atom is -0.348 e. The third kappa shape index (κ3) is 3.04. The number of nitrogens with one attached hydrogen (secondary N) is 1. The van der Waals surface area contributed by atoms with Crippen molar-refractivity contribution in [2.75, 3.05) is 6.54 Å². The molecule has 3 N–H and O–H groups in total. The molecule has 1 aromatic rings. The third-order valence-electron chi connectivity index (χ3n) is 0.969. The van der Waals surface area contributed by atoms with Gasteiger partial charge in [0.2, 0.25) is 0 Å². The number of hydrogen-bond acceptors (Lipinski definition) is 2.